The molecule has 0 atom stereocenters. The summed E-state index contributed by atoms with van der Waals surface area (Å²) >= 11 is 0. The Balaban J connectivity index is 1.07. The molecule has 3 N–H and O–H groups in total. The van der Waals surface area contributed by atoms with Crippen molar-refractivity contribution in [2.45, 2.75) is 25.9 Å². The van der Waals surface area contributed by atoms with Crippen molar-refractivity contribution in [3.05, 3.63) is 219 Å². The van der Waals surface area contributed by atoms with Gasteiger partial charge in [0.1, 0.15) is 17.1 Å². The SMILES string of the molecule is O=Cc1ccccc1-c1c2ccc(=O)c(CNc3cccc4ccc(Cc5ccccc5)nc34)c-2oc2c(CNc3cccc4ccc(Cc5ccccc5)nc34)c(O)ccc12. The monoisotopic (exact) mass is 808 g/mol. The topological polar surface area (TPSA) is 117 Å². The first-order valence-electron chi connectivity index (χ1n) is 20.6. The average Bonchev–Trinajstić information content (AvgIpc) is 3.31. The van der Waals surface area contributed by atoms with E-state index in [1.165, 1.54) is 11.1 Å². The van der Waals surface area contributed by atoms with Crippen LogP contribution in [0, 0.1) is 0 Å². The number of carbonyl (C=O) groups excluding carboxylic acids is 1. The summed E-state index contributed by atoms with van der Waals surface area (Å²) in [7, 11) is 0. The Kier molecular flexibility index (Phi) is 10.2. The van der Waals surface area contributed by atoms with Crippen molar-refractivity contribution in [3.63, 3.8) is 0 Å². The van der Waals surface area contributed by atoms with Crippen LogP contribution >= 0.6 is 0 Å². The minimum absolute atomic E-state index is 0.0202. The van der Waals surface area contributed by atoms with Crippen molar-refractivity contribution in [2.75, 3.05) is 10.6 Å². The number of phenols is 1. The van der Waals surface area contributed by atoms with Gasteiger partial charge in [-0.15, -0.1) is 0 Å². The molecule has 0 unspecified atom stereocenters. The minimum atomic E-state index is -0.214. The molecule has 62 heavy (non-hydrogen) atoms. The number of fused-ring (bicyclic) bond motifs is 4. The zero-order chi connectivity index (χ0) is 42.0. The molecule has 0 saturated heterocycles. The van der Waals surface area contributed by atoms with Gasteiger partial charge in [0.05, 0.1) is 33.5 Å². The molecule has 8 aromatic rings. The smallest absolute Gasteiger partial charge is 0.187 e. The number of carbonyl (C=O) groups is 1. The molecule has 0 spiro atoms. The Morgan fingerprint density at radius 2 is 1.13 bits per heavy atom. The van der Waals surface area contributed by atoms with Crippen LogP contribution < -0.4 is 16.1 Å². The maximum absolute atomic E-state index is 14.0. The molecule has 6 aromatic carbocycles. The predicted molar refractivity (Wildman–Crippen MR) is 248 cm³/mol. The fraction of sp³-hybridized carbons (Fsp3) is 0.0741. The van der Waals surface area contributed by atoms with E-state index in [9.17, 15) is 14.7 Å². The summed E-state index contributed by atoms with van der Waals surface area (Å²) in [6.07, 6.45) is 2.22. The number of rotatable bonds is 12. The van der Waals surface area contributed by atoms with Gasteiger partial charge in [-0.05, 0) is 65.2 Å². The van der Waals surface area contributed by atoms with Crippen LogP contribution in [-0.2, 0) is 25.9 Å². The summed E-state index contributed by atoms with van der Waals surface area (Å²) in [5, 5.41) is 21.3. The van der Waals surface area contributed by atoms with Crippen LogP contribution in [-0.4, -0.2) is 21.4 Å². The van der Waals surface area contributed by atoms with Gasteiger partial charge in [0.25, 0.3) is 0 Å². The minimum Gasteiger partial charge on any atom is -0.507 e. The lowest BCUT2D eigenvalue weighted by Crippen LogP contribution is -2.15. The lowest BCUT2D eigenvalue weighted by Gasteiger charge is -2.21. The molecule has 10 rings (SSSR count). The zero-order valence-electron chi connectivity index (χ0n) is 33.6. The molecule has 0 bridgehead atoms. The number of aldehydes is 1. The predicted octanol–water partition coefficient (Wildman–Crippen LogP) is 11.6. The zero-order valence-corrected chi connectivity index (χ0v) is 33.6. The van der Waals surface area contributed by atoms with Crippen LogP contribution in [0.1, 0.15) is 44.0 Å². The van der Waals surface area contributed by atoms with E-state index in [-0.39, 0.29) is 24.3 Å². The molecular weight excluding hydrogens is 769 g/mol. The number of hydrogen-bond acceptors (Lipinski definition) is 8. The van der Waals surface area contributed by atoms with Gasteiger partial charge < -0.3 is 20.2 Å². The third kappa shape index (κ3) is 7.39. The Labute approximate surface area is 357 Å². The summed E-state index contributed by atoms with van der Waals surface area (Å²) in [4.78, 5) is 36.6. The molecule has 0 fully saturated rings. The van der Waals surface area contributed by atoms with Crippen LogP contribution in [0.25, 0.3) is 55.2 Å². The Bertz CT molecular complexity index is 3310. The standard InChI is InChI=1S/C54H40N4O4/c59-33-38-15-7-8-18-41(38)50-42-25-27-48(60)44(31-55-46-19-9-16-36-21-23-39(57-51(36)46)29-34-11-3-1-4-12-34)53(42)62-54-43(50)26-28-49(61)45(54)32-56-47-20-10-17-37-22-24-40(58-52(37)47)30-35-13-5-2-6-14-35/h1-28,33,55-56,60H,29-32H2. The van der Waals surface area contributed by atoms with Crippen molar-refractivity contribution in [1.29, 1.82) is 0 Å². The number of nitrogens with one attached hydrogen (secondary N) is 2. The summed E-state index contributed by atoms with van der Waals surface area (Å²) in [5.41, 5.74) is 11.0. The van der Waals surface area contributed by atoms with Crippen LogP contribution in [0.15, 0.2) is 179 Å². The van der Waals surface area contributed by atoms with Gasteiger partial charge >= 0.3 is 0 Å². The first kappa shape index (κ1) is 38.1. The van der Waals surface area contributed by atoms with Crippen molar-refractivity contribution < 1.29 is 14.3 Å². The molecule has 1 aliphatic carbocycles. The number of para-hydroxylation sites is 2. The van der Waals surface area contributed by atoms with E-state index >= 15 is 0 Å². The number of pyridine rings is 2. The Hall–Kier alpha value is -8.10. The number of aromatic hydroxyl groups is 1. The lowest BCUT2D eigenvalue weighted by molar-refractivity contribution is 0.112. The highest BCUT2D eigenvalue weighted by Gasteiger charge is 2.25. The fourth-order valence-electron chi connectivity index (χ4n) is 8.39. The van der Waals surface area contributed by atoms with Crippen LogP contribution in [0.5, 0.6) is 5.75 Å². The second-order valence-corrected chi connectivity index (χ2v) is 15.4. The van der Waals surface area contributed by atoms with Gasteiger partial charge in [-0.3, -0.25) is 19.6 Å². The number of hydrogen-bond donors (Lipinski definition) is 3. The summed E-state index contributed by atoms with van der Waals surface area (Å²) < 4.78 is 6.87. The number of nitrogens with zero attached hydrogens (tertiary/aromatic N) is 2. The van der Waals surface area contributed by atoms with Crippen molar-refractivity contribution in [3.8, 4) is 28.2 Å². The number of anilines is 2. The molecule has 8 heteroatoms. The molecule has 0 amide bonds. The number of benzene rings is 7. The first-order valence-corrected chi connectivity index (χ1v) is 20.6. The maximum Gasteiger partial charge on any atom is 0.187 e. The summed E-state index contributed by atoms with van der Waals surface area (Å²) in [6.45, 7) is 0.303. The lowest BCUT2D eigenvalue weighted by atomic mass is 9.88. The van der Waals surface area contributed by atoms with E-state index in [1.807, 2.05) is 97.1 Å². The van der Waals surface area contributed by atoms with E-state index < -0.39 is 0 Å². The van der Waals surface area contributed by atoms with E-state index in [1.54, 1.807) is 30.3 Å². The average molecular weight is 809 g/mol. The van der Waals surface area contributed by atoms with Crippen molar-refractivity contribution in [2.24, 2.45) is 0 Å². The van der Waals surface area contributed by atoms with Gasteiger partial charge in [0.15, 0.2) is 11.7 Å². The fourth-order valence-corrected chi connectivity index (χ4v) is 8.39. The van der Waals surface area contributed by atoms with E-state index in [4.69, 9.17) is 14.4 Å². The summed E-state index contributed by atoms with van der Waals surface area (Å²) in [5.74, 6) is 0.377. The highest BCUT2D eigenvalue weighted by molar-refractivity contribution is 6.07. The van der Waals surface area contributed by atoms with Gasteiger partial charge in [-0.1, -0.05) is 121 Å². The molecule has 0 saturated carbocycles. The van der Waals surface area contributed by atoms with Crippen molar-refractivity contribution >= 4 is 50.4 Å². The number of phenolic OH excluding ortho intramolecular Hbond substituents is 1. The molecule has 2 aliphatic rings. The molecular formula is C54H40N4O4. The second-order valence-electron chi connectivity index (χ2n) is 15.4. The van der Waals surface area contributed by atoms with Crippen LogP contribution in [0.2, 0.25) is 0 Å². The normalized spacial score (nSPS) is 11.4. The van der Waals surface area contributed by atoms with Crippen LogP contribution in [0.4, 0.5) is 11.4 Å². The summed E-state index contributed by atoms with van der Waals surface area (Å²) in [6, 6.07) is 54.8. The third-order valence-electron chi connectivity index (χ3n) is 11.5. The molecule has 3 heterocycles. The second kappa shape index (κ2) is 16.5. The quantitative estimate of drug-likeness (QED) is 0.0825. The van der Waals surface area contributed by atoms with Gasteiger partial charge in [-0.2, -0.15) is 0 Å². The van der Waals surface area contributed by atoms with Crippen LogP contribution in [0.3, 0.4) is 0 Å². The van der Waals surface area contributed by atoms with Crippen molar-refractivity contribution in [1.82, 2.24) is 9.97 Å². The first-order chi connectivity index (χ1) is 30.5. The highest BCUT2D eigenvalue weighted by atomic mass is 16.3. The molecule has 8 nitrogen and oxygen atoms in total. The third-order valence-corrected chi connectivity index (χ3v) is 11.5. The van der Waals surface area contributed by atoms with Gasteiger partial charge in [0.2, 0.25) is 0 Å². The van der Waals surface area contributed by atoms with E-state index in [0.29, 0.717) is 57.4 Å². The molecule has 1 aliphatic heterocycles. The molecule has 0 radical (unpaired) electrons. The molecule has 2 aromatic heterocycles. The van der Waals surface area contributed by atoms with E-state index in [0.717, 1.165) is 56.4 Å². The maximum atomic E-state index is 14.0. The number of aromatic nitrogens is 2. The highest BCUT2D eigenvalue weighted by Crippen LogP contribution is 2.45. The van der Waals surface area contributed by atoms with E-state index in [2.05, 4.69) is 53.1 Å². The van der Waals surface area contributed by atoms with Gasteiger partial charge in [-0.25, -0.2) is 0 Å². The largest absolute Gasteiger partial charge is 0.507 e. The van der Waals surface area contributed by atoms with Gasteiger partial charge in [0, 0.05) is 70.2 Å². The Morgan fingerprint density at radius 1 is 0.548 bits per heavy atom. The Morgan fingerprint density at radius 3 is 1.74 bits per heavy atom. The molecule has 300 valence electrons.